The minimum Gasteiger partial charge on any atom is -0.324 e. The third-order valence-corrected chi connectivity index (χ3v) is 1.98. The van der Waals surface area contributed by atoms with Gasteiger partial charge in [-0.05, 0) is 37.5 Å². The van der Waals surface area contributed by atoms with Gasteiger partial charge in [0.25, 0.3) is 0 Å². The molecule has 0 aliphatic rings. The van der Waals surface area contributed by atoms with Crippen LogP contribution in [-0.2, 0) is 0 Å². The Morgan fingerprint density at radius 3 is 2.00 bits per heavy atom. The fraction of sp³-hybridized carbons (Fsp3) is 0.400. The predicted molar refractivity (Wildman–Crippen MR) is 48.5 cm³/mol. The van der Waals surface area contributed by atoms with Crippen molar-refractivity contribution in [3.63, 3.8) is 0 Å². The maximum atomic E-state index is 13.1. The molecule has 0 fully saturated rings. The monoisotopic (exact) mass is 167 g/mol. The molecule has 0 radical (unpaired) electrons. The molecular formula is C10H14FN. The zero-order valence-electron chi connectivity index (χ0n) is 7.69. The van der Waals surface area contributed by atoms with E-state index in [-0.39, 0.29) is 11.9 Å². The van der Waals surface area contributed by atoms with Crippen molar-refractivity contribution in [2.45, 2.75) is 26.8 Å². The summed E-state index contributed by atoms with van der Waals surface area (Å²) in [7, 11) is 0. The van der Waals surface area contributed by atoms with Crippen molar-refractivity contribution in [1.82, 2.24) is 0 Å². The molecule has 2 N–H and O–H groups in total. The molecule has 1 nitrogen and oxygen atoms in total. The van der Waals surface area contributed by atoms with Crippen molar-refractivity contribution in [3.8, 4) is 0 Å². The van der Waals surface area contributed by atoms with Crippen LogP contribution in [-0.4, -0.2) is 0 Å². The first kappa shape index (κ1) is 9.20. The van der Waals surface area contributed by atoms with Gasteiger partial charge in [0.05, 0.1) is 0 Å². The number of hydrogen-bond donors (Lipinski definition) is 1. The second-order valence-electron chi connectivity index (χ2n) is 3.26. The molecule has 1 atom stereocenters. The van der Waals surface area contributed by atoms with Crippen LogP contribution in [0, 0.1) is 19.7 Å². The molecule has 0 heterocycles. The molecular weight excluding hydrogens is 153 g/mol. The topological polar surface area (TPSA) is 26.0 Å². The predicted octanol–water partition coefficient (Wildman–Crippen LogP) is 2.46. The van der Waals surface area contributed by atoms with E-state index in [1.54, 1.807) is 26.0 Å². The Morgan fingerprint density at radius 1 is 1.25 bits per heavy atom. The van der Waals surface area contributed by atoms with Crippen LogP contribution in [0.5, 0.6) is 0 Å². The highest BCUT2D eigenvalue weighted by atomic mass is 19.1. The van der Waals surface area contributed by atoms with Gasteiger partial charge in [0, 0.05) is 6.04 Å². The van der Waals surface area contributed by atoms with Crippen LogP contribution in [0.25, 0.3) is 0 Å². The summed E-state index contributed by atoms with van der Waals surface area (Å²) in [5, 5.41) is 0. The van der Waals surface area contributed by atoms with Crippen molar-refractivity contribution in [3.05, 3.63) is 34.6 Å². The molecule has 0 spiro atoms. The zero-order valence-corrected chi connectivity index (χ0v) is 7.69. The lowest BCUT2D eigenvalue weighted by atomic mass is 10.0. The maximum absolute atomic E-state index is 13.1. The quantitative estimate of drug-likeness (QED) is 0.683. The molecule has 0 amide bonds. The van der Waals surface area contributed by atoms with Crippen LogP contribution in [0.3, 0.4) is 0 Å². The minimum absolute atomic E-state index is 0.0250. The number of rotatable bonds is 1. The standard InChI is InChI=1S/C10H14FN/c1-6-4-9(8(3)12)5-7(2)10(6)11/h4-5,8H,12H2,1-3H3. The normalized spacial score (nSPS) is 13.1. The van der Waals surface area contributed by atoms with Gasteiger partial charge in [0.2, 0.25) is 0 Å². The van der Waals surface area contributed by atoms with E-state index >= 15 is 0 Å². The third kappa shape index (κ3) is 1.64. The van der Waals surface area contributed by atoms with Crippen molar-refractivity contribution in [1.29, 1.82) is 0 Å². The van der Waals surface area contributed by atoms with E-state index in [9.17, 15) is 4.39 Å². The largest absolute Gasteiger partial charge is 0.324 e. The van der Waals surface area contributed by atoms with E-state index in [1.807, 2.05) is 6.92 Å². The van der Waals surface area contributed by atoms with E-state index < -0.39 is 0 Å². The van der Waals surface area contributed by atoms with Gasteiger partial charge in [0.15, 0.2) is 0 Å². The first-order valence-corrected chi connectivity index (χ1v) is 4.04. The fourth-order valence-electron chi connectivity index (χ4n) is 1.24. The summed E-state index contributed by atoms with van der Waals surface area (Å²) >= 11 is 0. The second kappa shape index (κ2) is 3.23. The summed E-state index contributed by atoms with van der Waals surface area (Å²) in [6.07, 6.45) is 0. The van der Waals surface area contributed by atoms with Crippen LogP contribution in [0.4, 0.5) is 4.39 Å². The van der Waals surface area contributed by atoms with E-state index in [2.05, 4.69) is 0 Å². The molecule has 1 aromatic rings. The van der Waals surface area contributed by atoms with Gasteiger partial charge >= 0.3 is 0 Å². The fourth-order valence-corrected chi connectivity index (χ4v) is 1.24. The Bertz CT molecular complexity index is 269. The summed E-state index contributed by atoms with van der Waals surface area (Å²) < 4.78 is 13.1. The third-order valence-electron chi connectivity index (χ3n) is 1.98. The van der Waals surface area contributed by atoms with Crippen molar-refractivity contribution < 1.29 is 4.39 Å². The molecule has 1 rings (SSSR count). The van der Waals surface area contributed by atoms with Crippen molar-refractivity contribution in [2.75, 3.05) is 0 Å². The molecule has 0 aliphatic heterocycles. The van der Waals surface area contributed by atoms with Gasteiger partial charge < -0.3 is 5.73 Å². The Hall–Kier alpha value is -0.890. The van der Waals surface area contributed by atoms with Gasteiger partial charge in [0.1, 0.15) is 5.82 Å². The van der Waals surface area contributed by atoms with Crippen LogP contribution < -0.4 is 5.73 Å². The zero-order chi connectivity index (χ0) is 9.30. The smallest absolute Gasteiger partial charge is 0.129 e. The first-order valence-electron chi connectivity index (χ1n) is 4.04. The molecule has 0 bridgehead atoms. The van der Waals surface area contributed by atoms with Crippen molar-refractivity contribution in [2.24, 2.45) is 5.73 Å². The lowest BCUT2D eigenvalue weighted by Crippen LogP contribution is -2.06. The van der Waals surface area contributed by atoms with E-state index in [0.717, 1.165) is 5.56 Å². The molecule has 1 aromatic carbocycles. The molecule has 2 heteroatoms. The molecule has 0 aromatic heterocycles. The second-order valence-corrected chi connectivity index (χ2v) is 3.26. The lowest BCUT2D eigenvalue weighted by Gasteiger charge is -2.09. The SMILES string of the molecule is Cc1cc(C(C)N)cc(C)c1F. The Morgan fingerprint density at radius 2 is 1.67 bits per heavy atom. The summed E-state index contributed by atoms with van der Waals surface area (Å²) in [5.41, 5.74) is 8.01. The summed E-state index contributed by atoms with van der Waals surface area (Å²) in [4.78, 5) is 0. The average molecular weight is 167 g/mol. The Labute approximate surface area is 72.4 Å². The number of nitrogens with two attached hydrogens (primary N) is 1. The van der Waals surface area contributed by atoms with Crippen LogP contribution >= 0.6 is 0 Å². The highest BCUT2D eigenvalue weighted by Crippen LogP contribution is 2.18. The van der Waals surface area contributed by atoms with E-state index in [1.165, 1.54) is 0 Å². The highest BCUT2D eigenvalue weighted by Gasteiger charge is 2.06. The summed E-state index contributed by atoms with van der Waals surface area (Å²) in [6.45, 7) is 5.41. The lowest BCUT2D eigenvalue weighted by molar-refractivity contribution is 0.607. The van der Waals surface area contributed by atoms with Gasteiger partial charge in [-0.2, -0.15) is 0 Å². The molecule has 12 heavy (non-hydrogen) atoms. The number of halogens is 1. The average Bonchev–Trinajstić information content (AvgIpc) is 1.99. The Kier molecular flexibility index (Phi) is 2.48. The molecule has 0 saturated carbocycles. The number of hydrogen-bond acceptors (Lipinski definition) is 1. The molecule has 0 aliphatic carbocycles. The first-order chi connectivity index (χ1) is 5.52. The van der Waals surface area contributed by atoms with E-state index in [4.69, 9.17) is 5.73 Å². The van der Waals surface area contributed by atoms with Gasteiger partial charge in [-0.25, -0.2) is 4.39 Å². The summed E-state index contributed by atoms with van der Waals surface area (Å²) in [6, 6.07) is 3.57. The van der Waals surface area contributed by atoms with Crippen LogP contribution in [0.2, 0.25) is 0 Å². The van der Waals surface area contributed by atoms with E-state index in [0.29, 0.717) is 11.1 Å². The molecule has 66 valence electrons. The minimum atomic E-state index is -0.126. The van der Waals surface area contributed by atoms with Crippen LogP contribution in [0.1, 0.15) is 29.7 Å². The Balaban J connectivity index is 3.21. The number of aryl methyl sites for hydroxylation is 2. The molecule has 0 saturated heterocycles. The van der Waals surface area contributed by atoms with Crippen LogP contribution in [0.15, 0.2) is 12.1 Å². The van der Waals surface area contributed by atoms with Gasteiger partial charge in [-0.15, -0.1) is 0 Å². The maximum Gasteiger partial charge on any atom is 0.129 e. The number of benzene rings is 1. The summed E-state index contributed by atoms with van der Waals surface area (Å²) in [5.74, 6) is -0.126. The molecule has 1 unspecified atom stereocenters. The van der Waals surface area contributed by atoms with Gasteiger partial charge in [-0.1, -0.05) is 12.1 Å². The van der Waals surface area contributed by atoms with Gasteiger partial charge in [-0.3, -0.25) is 0 Å². The highest BCUT2D eigenvalue weighted by molar-refractivity contribution is 5.31. The van der Waals surface area contributed by atoms with Crippen molar-refractivity contribution >= 4 is 0 Å².